The van der Waals surface area contributed by atoms with E-state index in [1.165, 1.54) is 0 Å². The van der Waals surface area contributed by atoms with E-state index in [0.29, 0.717) is 6.42 Å². The summed E-state index contributed by atoms with van der Waals surface area (Å²) in [5, 5.41) is 17.3. The zero-order valence-corrected chi connectivity index (χ0v) is 20.2. The van der Waals surface area contributed by atoms with E-state index in [-0.39, 0.29) is 23.7 Å². The van der Waals surface area contributed by atoms with E-state index in [2.05, 4.69) is 16.0 Å². The van der Waals surface area contributed by atoms with E-state index in [9.17, 15) is 24.3 Å². The number of nitrogens with one attached hydrogen (secondary N) is 3. The predicted molar refractivity (Wildman–Crippen MR) is 120 cm³/mol. The first-order valence-electron chi connectivity index (χ1n) is 11.1. The third-order valence-electron chi connectivity index (χ3n) is 5.38. The van der Waals surface area contributed by atoms with E-state index in [0.717, 1.165) is 6.42 Å². The molecule has 0 aliphatic carbocycles. The van der Waals surface area contributed by atoms with Gasteiger partial charge in [0.05, 0.1) is 6.04 Å². The molecule has 0 saturated heterocycles. The number of nitrogens with two attached hydrogens (primary N) is 1. The normalized spacial score (nSPS) is 16.4. The summed E-state index contributed by atoms with van der Waals surface area (Å²) >= 11 is 0. The van der Waals surface area contributed by atoms with Crippen molar-refractivity contribution in [2.75, 3.05) is 0 Å². The van der Waals surface area contributed by atoms with Crippen molar-refractivity contribution < 1.29 is 24.3 Å². The van der Waals surface area contributed by atoms with Crippen LogP contribution in [-0.4, -0.2) is 53.0 Å². The van der Waals surface area contributed by atoms with Crippen LogP contribution in [0.25, 0.3) is 0 Å². The molecule has 0 saturated carbocycles. The molecular formula is C22H42N4O5. The molecule has 0 aromatic heterocycles. The molecule has 0 aromatic carbocycles. The summed E-state index contributed by atoms with van der Waals surface area (Å²) < 4.78 is 0. The van der Waals surface area contributed by atoms with E-state index < -0.39 is 47.9 Å². The van der Waals surface area contributed by atoms with Crippen LogP contribution in [0.4, 0.5) is 0 Å². The summed E-state index contributed by atoms with van der Waals surface area (Å²) in [6.07, 6.45) is 1.10. The lowest BCUT2D eigenvalue weighted by Crippen LogP contribution is -2.59. The van der Waals surface area contributed by atoms with Crippen LogP contribution in [0.15, 0.2) is 0 Å². The number of carboxylic acids is 1. The molecule has 0 aromatic rings. The minimum absolute atomic E-state index is 0.0408. The second-order valence-electron chi connectivity index (χ2n) is 9.40. The van der Waals surface area contributed by atoms with Gasteiger partial charge in [0.25, 0.3) is 0 Å². The van der Waals surface area contributed by atoms with E-state index >= 15 is 0 Å². The van der Waals surface area contributed by atoms with Crippen molar-refractivity contribution in [1.82, 2.24) is 16.0 Å². The predicted octanol–water partition coefficient (Wildman–Crippen LogP) is 1.26. The fourth-order valence-electron chi connectivity index (χ4n) is 3.03. The summed E-state index contributed by atoms with van der Waals surface area (Å²) in [6, 6.07) is -3.59. The molecule has 5 unspecified atom stereocenters. The van der Waals surface area contributed by atoms with Gasteiger partial charge in [-0.15, -0.1) is 0 Å². The molecule has 0 spiro atoms. The highest BCUT2D eigenvalue weighted by Crippen LogP contribution is 2.11. The fraction of sp³-hybridized carbons (Fsp3) is 0.818. The highest BCUT2D eigenvalue weighted by atomic mass is 16.4. The minimum Gasteiger partial charge on any atom is -0.480 e. The Morgan fingerprint density at radius 3 is 1.65 bits per heavy atom. The van der Waals surface area contributed by atoms with Gasteiger partial charge in [-0.05, 0) is 30.1 Å². The second kappa shape index (κ2) is 13.3. The molecule has 0 fully saturated rings. The van der Waals surface area contributed by atoms with Crippen LogP contribution < -0.4 is 21.7 Å². The molecule has 0 heterocycles. The highest BCUT2D eigenvalue weighted by molar-refractivity contribution is 5.94. The number of rotatable bonds is 13. The smallest absolute Gasteiger partial charge is 0.326 e. The van der Waals surface area contributed by atoms with Crippen LogP contribution in [0.5, 0.6) is 0 Å². The third kappa shape index (κ3) is 9.67. The number of hydrogen-bond acceptors (Lipinski definition) is 5. The molecule has 5 atom stereocenters. The van der Waals surface area contributed by atoms with E-state index in [1.807, 2.05) is 27.7 Å². The maximum absolute atomic E-state index is 13.0. The van der Waals surface area contributed by atoms with Crippen molar-refractivity contribution in [2.24, 2.45) is 29.4 Å². The summed E-state index contributed by atoms with van der Waals surface area (Å²) in [4.78, 5) is 49.7. The van der Waals surface area contributed by atoms with Gasteiger partial charge >= 0.3 is 5.97 Å². The van der Waals surface area contributed by atoms with Crippen LogP contribution in [0.1, 0.15) is 68.2 Å². The number of aliphatic carboxylic acids is 1. The topological polar surface area (TPSA) is 151 Å². The standard InChI is InChI=1S/C22H42N4O5/c1-9-14(8)16(23)20(28)24-15(10-11(2)3)19(27)25-17(12(4)5)21(29)26-18(13(6)7)22(30)31/h11-18H,9-10,23H2,1-8H3,(H,24,28)(H,25,27)(H,26,29)(H,30,31). The van der Waals surface area contributed by atoms with Gasteiger partial charge in [-0.2, -0.15) is 0 Å². The Morgan fingerprint density at radius 1 is 0.774 bits per heavy atom. The van der Waals surface area contributed by atoms with Crippen LogP contribution in [0.3, 0.4) is 0 Å². The van der Waals surface area contributed by atoms with Crippen LogP contribution >= 0.6 is 0 Å². The first-order valence-corrected chi connectivity index (χ1v) is 11.1. The molecular weight excluding hydrogens is 400 g/mol. The van der Waals surface area contributed by atoms with Crippen molar-refractivity contribution in [3.63, 3.8) is 0 Å². The van der Waals surface area contributed by atoms with E-state index in [1.54, 1.807) is 27.7 Å². The summed E-state index contributed by atoms with van der Waals surface area (Å²) in [6.45, 7) is 14.5. The summed E-state index contributed by atoms with van der Waals surface area (Å²) in [7, 11) is 0. The third-order valence-corrected chi connectivity index (χ3v) is 5.38. The van der Waals surface area contributed by atoms with Crippen molar-refractivity contribution in [3.05, 3.63) is 0 Å². The van der Waals surface area contributed by atoms with Crippen molar-refractivity contribution >= 4 is 23.7 Å². The zero-order chi connectivity index (χ0) is 24.5. The Labute approximate surface area is 186 Å². The van der Waals surface area contributed by atoms with Gasteiger partial charge in [0.2, 0.25) is 17.7 Å². The summed E-state index contributed by atoms with van der Waals surface area (Å²) in [5.41, 5.74) is 6.00. The second-order valence-corrected chi connectivity index (χ2v) is 9.40. The van der Waals surface area contributed by atoms with Gasteiger partial charge in [-0.25, -0.2) is 4.79 Å². The van der Waals surface area contributed by atoms with Gasteiger partial charge in [-0.3, -0.25) is 14.4 Å². The number of carbonyl (C=O) groups is 4. The van der Waals surface area contributed by atoms with Gasteiger partial charge in [-0.1, -0.05) is 61.8 Å². The molecule has 180 valence electrons. The van der Waals surface area contributed by atoms with Gasteiger partial charge in [0.1, 0.15) is 18.1 Å². The van der Waals surface area contributed by atoms with Crippen molar-refractivity contribution in [3.8, 4) is 0 Å². The van der Waals surface area contributed by atoms with Gasteiger partial charge in [0.15, 0.2) is 0 Å². The van der Waals surface area contributed by atoms with E-state index in [4.69, 9.17) is 5.73 Å². The molecule has 9 nitrogen and oxygen atoms in total. The molecule has 0 aliphatic heterocycles. The first kappa shape index (κ1) is 28.8. The minimum atomic E-state index is -1.14. The largest absolute Gasteiger partial charge is 0.480 e. The average molecular weight is 443 g/mol. The van der Waals surface area contributed by atoms with Crippen LogP contribution in [0.2, 0.25) is 0 Å². The Morgan fingerprint density at radius 2 is 1.26 bits per heavy atom. The van der Waals surface area contributed by atoms with Crippen molar-refractivity contribution in [1.29, 1.82) is 0 Å². The quantitative estimate of drug-likeness (QED) is 0.290. The Kier molecular flexibility index (Phi) is 12.4. The monoisotopic (exact) mass is 442 g/mol. The van der Waals surface area contributed by atoms with Gasteiger partial charge in [0, 0.05) is 0 Å². The lowest BCUT2D eigenvalue weighted by atomic mass is 9.96. The average Bonchev–Trinajstić information content (AvgIpc) is 2.66. The molecule has 0 aliphatic rings. The number of carboxylic acid groups (broad SMARTS) is 1. The van der Waals surface area contributed by atoms with Gasteiger partial charge < -0.3 is 26.8 Å². The SMILES string of the molecule is CCC(C)C(N)C(=O)NC(CC(C)C)C(=O)NC(C(=O)NC(C(=O)O)C(C)C)C(C)C. The lowest BCUT2D eigenvalue weighted by Gasteiger charge is -2.28. The number of amides is 3. The van der Waals surface area contributed by atoms with Crippen LogP contribution in [0, 0.1) is 23.7 Å². The Balaban J connectivity index is 5.46. The molecule has 31 heavy (non-hydrogen) atoms. The zero-order valence-electron chi connectivity index (χ0n) is 20.2. The maximum atomic E-state index is 13.0. The fourth-order valence-corrected chi connectivity index (χ4v) is 3.03. The molecule has 3 amide bonds. The Bertz CT molecular complexity index is 621. The van der Waals surface area contributed by atoms with Crippen LogP contribution in [-0.2, 0) is 19.2 Å². The molecule has 6 N–H and O–H groups in total. The summed E-state index contributed by atoms with van der Waals surface area (Å²) in [5.74, 6) is -3.16. The first-order chi connectivity index (χ1) is 14.2. The molecule has 0 rings (SSSR count). The molecule has 0 radical (unpaired) electrons. The van der Waals surface area contributed by atoms with Crippen molar-refractivity contribution in [2.45, 2.75) is 92.4 Å². The highest BCUT2D eigenvalue weighted by Gasteiger charge is 2.33. The Hall–Kier alpha value is -2.16. The maximum Gasteiger partial charge on any atom is 0.326 e. The number of carbonyl (C=O) groups excluding carboxylic acids is 3. The molecule has 9 heteroatoms. The molecule has 0 bridgehead atoms. The lowest BCUT2D eigenvalue weighted by molar-refractivity contribution is -0.144. The number of hydrogen-bond donors (Lipinski definition) is 5.